The minimum Gasteiger partial charge on any atom is -0.496 e. The SMILES string of the molecule is COc1cc(OCc2cccc(-c3ccccc3)c2C)cc(OC)c1CN(C)CCNC(=O)C=CC(=O)O. The van der Waals surface area contributed by atoms with Crippen LogP contribution in [0.1, 0.15) is 16.7 Å². The van der Waals surface area contributed by atoms with Crippen LogP contribution in [0.4, 0.5) is 0 Å². The maximum Gasteiger partial charge on any atom is 0.328 e. The second-order valence-corrected chi connectivity index (χ2v) is 8.75. The van der Waals surface area contributed by atoms with Gasteiger partial charge < -0.3 is 29.5 Å². The Morgan fingerprint density at radius 2 is 1.66 bits per heavy atom. The number of ether oxygens (including phenoxy) is 3. The maximum absolute atomic E-state index is 11.7. The molecule has 0 radical (unpaired) electrons. The molecule has 0 aliphatic carbocycles. The van der Waals surface area contributed by atoms with Gasteiger partial charge in [-0.25, -0.2) is 4.79 Å². The molecule has 8 nitrogen and oxygen atoms in total. The van der Waals surface area contributed by atoms with Gasteiger partial charge in [0.15, 0.2) is 0 Å². The Bertz CT molecular complexity index is 1250. The summed E-state index contributed by atoms with van der Waals surface area (Å²) in [6.45, 7) is 3.90. The van der Waals surface area contributed by atoms with E-state index in [2.05, 4.69) is 36.5 Å². The van der Waals surface area contributed by atoms with Crippen molar-refractivity contribution in [1.82, 2.24) is 10.2 Å². The predicted octanol–water partition coefficient (Wildman–Crippen LogP) is 4.45. The molecule has 0 aromatic heterocycles. The fourth-order valence-electron chi connectivity index (χ4n) is 4.06. The molecule has 38 heavy (non-hydrogen) atoms. The third-order valence-electron chi connectivity index (χ3n) is 6.10. The van der Waals surface area contributed by atoms with Crippen molar-refractivity contribution in [2.75, 3.05) is 34.4 Å². The normalized spacial score (nSPS) is 11.0. The molecule has 3 aromatic carbocycles. The Morgan fingerprint density at radius 3 is 2.29 bits per heavy atom. The molecule has 2 N–H and O–H groups in total. The molecule has 0 unspecified atom stereocenters. The summed E-state index contributed by atoms with van der Waals surface area (Å²) in [5.41, 5.74) is 5.45. The van der Waals surface area contributed by atoms with Crippen LogP contribution in [0.5, 0.6) is 17.2 Å². The van der Waals surface area contributed by atoms with Gasteiger partial charge in [-0.05, 0) is 36.2 Å². The second kappa shape index (κ2) is 13.9. The van der Waals surface area contributed by atoms with E-state index in [1.54, 1.807) is 14.2 Å². The van der Waals surface area contributed by atoms with Crippen molar-refractivity contribution in [3.63, 3.8) is 0 Å². The van der Waals surface area contributed by atoms with Gasteiger partial charge in [0.25, 0.3) is 0 Å². The molecule has 0 aliphatic rings. The molecule has 0 heterocycles. The average Bonchev–Trinajstić information content (AvgIpc) is 2.92. The first-order valence-electron chi connectivity index (χ1n) is 12.2. The lowest BCUT2D eigenvalue weighted by Gasteiger charge is -2.21. The largest absolute Gasteiger partial charge is 0.496 e. The standard InChI is InChI=1S/C30H34N2O6/c1-21-23(11-8-12-25(21)22-9-6-5-7-10-22)20-38-24-17-27(36-3)26(28(18-24)37-4)19-32(2)16-15-31-29(33)13-14-30(34)35/h5-14,17-18H,15-16,19-20H2,1-4H3,(H,31,33)(H,34,35). The molecule has 0 saturated heterocycles. The number of amides is 1. The van der Waals surface area contributed by atoms with E-state index in [1.165, 1.54) is 16.7 Å². The zero-order chi connectivity index (χ0) is 27.5. The molecule has 0 saturated carbocycles. The van der Waals surface area contributed by atoms with Crippen molar-refractivity contribution >= 4 is 11.9 Å². The van der Waals surface area contributed by atoms with Crippen LogP contribution < -0.4 is 19.5 Å². The van der Waals surface area contributed by atoms with Gasteiger partial charge in [0.05, 0.1) is 19.8 Å². The monoisotopic (exact) mass is 518 g/mol. The Morgan fingerprint density at radius 1 is 0.974 bits per heavy atom. The van der Waals surface area contributed by atoms with Crippen molar-refractivity contribution in [2.24, 2.45) is 0 Å². The highest BCUT2D eigenvalue weighted by Crippen LogP contribution is 2.35. The minimum atomic E-state index is -1.17. The van der Waals surface area contributed by atoms with Crippen LogP contribution in [-0.4, -0.2) is 56.2 Å². The molecule has 0 bridgehead atoms. The molecule has 0 spiro atoms. The lowest BCUT2D eigenvalue weighted by atomic mass is 9.97. The second-order valence-electron chi connectivity index (χ2n) is 8.75. The van der Waals surface area contributed by atoms with E-state index in [4.69, 9.17) is 19.3 Å². The number of rotatable bonds is 13. The molecule has 3 rings (SSSR count). The van der Waals surface area contributed by atoms with Gasteiger partial charge in [-0.2, -0.15) is 0 Å². The topological polar surface area (TPSA) is 97.3 Å². The molecular formula is C30H34N2O6. The van der Waals surface area contributed by atoms with Crippen LogP contribution in [0.3, 0.4) is 0 Å². The zero-order valence-corrected chi connectivity index (χ0v) is 22.2. The number of carbonyl (C=O) groups excluding carboxylic acids is 1. The summed E-state index contributed by atoms with van der Waals surface area (Å²) >= 11 is 0. The third-order valence-corrected chi connectivity index (χ3v) is 6.10. The van der Waals surface area contributed by atoms with Gasteiger partial charge >= 0.3 is 5.97 Å². The Hall–Kier alpha value is -4.30. The number of carboxylic acid groups (broad SMARTS) is 1. The van der Waals surface area contributed by atoms with E-state index in [-0.39, 0.29) is 0 Å². The van der Waals surface area contributed by atoms with Crippen molar-refractivity contribution in [3.8, 4) is 28.4 Å². The van der Waals surface area contributed by atoms with Gasteiger partial charge in [0.1, 0.15) is 23.9 Å². The summed E-state index contributed by atoms with van der Waals surface area (Å²) in [5.74, 6) is 0.276. The predicted molar refractivity (Wildman–Crippen MR) is 147 cm³/mol. The first-order valence-corrected chi connectivity index (χ1v) is 12.2. The number of hydrogen-bond acceptors (Lipinski definition) is 6. The average molecular weight is 519 g/mol. The quantitative estimate of drug-likeness (QED) is 0.323. The summed E-state index contributed by atoms with van der Waals surface area (Å²) in [6.07, 6.45) is 1.80. The Kier molecular flexibility index (Phi) is 10.3. The van der Waals surface area contributed by atoms with E-state index < -0.39 is 11.9 Å². The van der Waals surface area contributed by atoms with E-state index in [0.29, 0.717) is 43.5 Å². The Labute approximate surface area is 223 Å². The van der Waals surface area contributed by atoms with Crippen LogP contribution in [0, 0.1) is 6.92 Å². The number of likely N-dealkylation sites (N-methyl/N-ethyl adjacent to an activating group) is 1. The summed E-state index contributed by atoms with van der Waals surface area (Å²) in [5, 5.41) is 11.3. The van der Waals surface area contributed by atoms with Crippen molar-refractivity contribution in [2.45, 2.75) is 20.1 Å². The van der Waals surface area contributed by atoms with Crippen LogP contribution in [0.15, 0.2) is 72.8 Å². The molecule has 0 aliphatic heterocycles. The summed E-state index contributed by atoms with van der Waals surface area (Å²) < 4.78 is 17.5. The number of benzene rings is 3. The maximum atomic E-state index is 11.7. The molecule has 1 amide bonds. The number of carboxylic acids is 1. The molecule has 3 aromatic rings. The first-order chi connectivity index (χ1) is 18.3. The van der Waals surface area contributed by atoms with E-state index in [1.807, 2.05) is 48.3 Å². The van der Waals surface area contributed by atoms with Crippen molar-refractivity contribution < 1.29 is 28.9 Å². The molecular weight excluding hydrogens is 484 g/mol. The van der Waals surface area contributed by atoms with Gasteiger partial charge in [-0.1, -0.05) is 48.5 Å². The van der Waals surface area contributed by atoms with E-state index in [9.17, 15) is 9.59 Å². The lowest BCUT2D eigenvalue weighted by molar-refractivity contribution is -0.131. The van der Waals surface area contributed by atoms with Gasteiger partial charge in [0, 0.05) is 43.9 Å². The number of hydrogen-bond donors (Lipinski definition) is 2. The highest BCUT2D eigenvalue weighted by Gasteiger charge is 2.16. The van der Waals surface area contributed by atoms with Crippen molar-refractivity contribution in [3.05, 3.63) is 89.5 Å². The summed E-state index contributed by atoms with van der Waals surface area (Å²) in [6, 6.07) is 20.2. The molecule has 0 atom stereocenters. The van der Waals surface area contributed by atoms with E-state index >= 15 is 0 Å². The fourth-order valence-corrected chi connectivity index (χ4v) is 4.06. The number of nitrogens with one attached hydrogen (secondary N) is 1. The first kappa shape index (κ1) is 28.3. The number of aliphatic carboxylic acids is 1. The zero-order valence-electron chi connectivity index (χ0n) is 22.2. The number of methoxy groups -OCH3 is 2. The molecule has 200 valence electrons. The lowest BCUT2D eigenvalue weighted by Crippen LogP contribution is -2.32. The minimum absolute atomic E-state index is 0.354. The highest BCUT2D eigenvalue weighted by atomic mass is 16.5. The van der Waals surface area contributed by atoms with Crippen LogP contribution in [0.25, 0.3) is 11.1 Å². The Balaban J connectivity index is 1.67. The van der Waals surface area contributed by atoms with E-state index in [0.717, 1.165) is 23.3 Å². The fraction of sp³-hybridized carbons (Fsp3) is 0.267. The number of nitrogens with zero attached hydrogens (tertiary/aromatic N) is 1. The van der Waals surface area contributed by atoms with Crippen LogP contribution in [-0.2, 0) is 22.7 Å². The number of carbonyl (C=O) groups is 2. The summed E-state index contributed by atoms with van der Waals surface area (Å²) in [4.78, 5) is 24.2. The third kappa shape index (κ3) is 7.85. The highest BCUT2D eigenvalue weighted by molar-refractivity contribution is 5.93. The van der Waals surface area contributed by atoms with Gasteiger partial charge in [0.2, 0.25) is 5.91 Å². The van der Waals surface area contributed by atoms with Crippen LogP contribution >= 0.6 is 0 Å². The van der Waals surface area contributed by atoms with Gasteiger partial charge in [-0.15, -0.1) is 0 Å². The molecule has 8 heteroatoms. The van der Waals surface area contributed by atoms with Crippen LogP contribution in [0.2, 0.25) is 0 Å². The van der Waals surface area contributed by atoms with Gasteiger partial charge in [-0.3, -0.25) is 4.79 Å². The smallest absolute Gasteiger partial charge is 0.328 e. The van der Waals surface area contributed by atoms with Crippen molar-refractivity contribution in [1.29, 1.82) is 0 Å². The summed E-state index contributed by atoms with van der Waals surface area (Å²) in [7, 11) is 5.11. The molecule has 0 fully saturated rings.